The van der Waals surface area contributed by atoms with Gasteiger partial charge >= 0.3 is 0 Å². The van der Waals surface area contributed by atoms with Crippen molar-refractivity contribution in [2.75, 3.05) is 0 Å². The Labute approximate surface area is 128 Å². The van der Waals surface area contributed by atoms with Crippen LogP contribution in [-0.2, 0) is 13.2 Å². The molecule has 1 aromatic carbocycles. The van der Waals surface area contributed by atoms with E-state index in [1.165, 1.54) is 0 Å². The molecule has 0 amide bonds. The van der Waals surface area contributed by atoms with Crippen molar-refractivity contribution in [1.29, 1.82) is 0 Å². The molecule has 1 heterocycles. The zero-order valence-corrected chi connectivity index (χ0v) is 13.0. The number of hydrogen-bond donors (Lipinski definition) is 1. The number of halogens is 1. The Kier molecular flexibility index (Phi) is 4.62. The van der Waals surface area contributed by atoms with Gasteiger partial charge in [-0.1, -0.05) is 23.8 Å². The number of aryl methyl sites for hydroxylation is 2. The second-order valence-electron chi connectivity index (χ2n) is 4.39. The summed E-state index contributed by atoms with van der Waals surface area (Å²) in [6, 6.07) is 7.30. The molecule has 2 rings (SSSR count). The lowest BCUT2D eigenvalue weighted by molar-refractivity contribution is 0.292. The molecule has 0 fully saturated rings. The molecule has 1 aromatic heterocycles. The first-order valence-corrected chi connectivity index (χ1v) is 7.05. The van der Waals surface area contributed by atoms with Gasteiger partial charge in [-0.3, -0.25) is 4.68 Å². The lowest BCUT2D eigenvalue weighted by Crippen LogP contribution is -2.10. The fourth-order valence-corrected chi connectivity index (χ4v) is 2.44. The summed E-state index contributed by atoms with van der Waals surface area (Å²) in [5, 5.41) is 4.87. The second-order valence-corrected chi connectivity index (χ2v) is 5.23. The Hall–Kier alpha value is -1.59. The molecule has 0 saturated heterocycles. The van der Waals surface area contributed by atoms with Crippen molar-refractivity contribution in [1.82, 2.24) is 9.78 Å². The van der Waals surface area contributed by atoms with Crippen LogP contribution in [-0.4, -0.2) is 14.8 Å². The third-order valence-corrected chi connectivity index (χ3v) is 3.41. The summed E-state index contributed by atoms with van der Waals surface area (Å²) < 4.78 is 7.65. The number of aromatic nitrogens is 2. The molecule has 6 heteroatoms. The number of nitrogens with zero attached hydrogens (tertiary/aromatic N) is 2. The minimum Gasteiger partial charge on any atom is -0.487 e. The topological polar surface area (TPSA) is 53.1 Å². The van der Waals surface area contributed by atoms with Gasteiger partial charge in [-0.25, -0.2) is 0 Å². The van der Waals surface area contributed by atoms with Crippen molar-refractivity contribution in [3.8, 4) is 5.75 Å². The monoisotopic (exact) mass is 309 g/mol. The van der Waals surface area contributed by atoms with Gasteiger partial charge in [0.25, 0.3) is 0 Å². The highest BCUT2D eigenvalue weighted by atomic mass is 35.5. The Balaban J connectivity index is 2.11. The maximum absolute atomic E-state index is 6.10. The van der Waals surface area contributed by atoms with Crippen LogP contribution < -0.4 is 10.5 Å². The number of ether oxygens (including phenoxy) is 1. The molecule has 2 N–H and O–H groups in total. The van der Waals surface area contributed by atoms with E-state index >= 15 is 0 Å². The molecule has 0 unspecified atom stereocenters. The van der Waals surface area contributed by atoms with Gasteiger partial charge in [0.2, 0.25) is 0 Å². The van der Waals surface area contributed by atoms with Crippen molar-refractivity contribution in [3.63, 3.8) is 0 Å². The molecule has 106 valence electrons. The zero-order chi connectivity index (χ0) is 14.7. The van der Waals surface area contributed by atoms with Crippen molar-refractivity contribution in [3.05, 3.63) is 46.2 Å². The first kappa shape index (κ1) is 14.8. The fraction of sp³-hybridized carbons (Fsp3) is 0.286. The summed E-state index contributed by atoms with van der Waals surface area (Å²) in [5.41, 5.74) is 8.23. The Bertz CT molecular complexity index is 639. The van der Waals surface area contributed by atoms with Gasteiger partial charge in [-0.05, 0) is 38.1 Å². The number of benzene rings is 1. The molecular weight excluding hydrogens is 294 g/mol. The highest BCUT2D eigenvalue weighted by molar-refractivity contribution is 7.80. The predicted molar refractivity (Wildman–Crippen MR) is 84.3 cm³/mol. The Morgan fingerprint density at radius 1 is 1.45 bits per heavy atom. The minimum atomic E-state index is 0.279. The number of rotatable bonds is 5. The normalized spacial score (nSPS) is 10.6. The first-order valence-electron chi connectivity index (χ1n) is 6.26. The largest absolute Gasteiger partial charge is 0.487 e. The van der Waals surface area contributed by atoms with Gasteiger partial charge in [0.15, 0.2) is 0 Å². The van der Waals surface area contributed by atoms with E-state index in [4.69, 9.17) is 34.3 Å². The van der Waals surface area contributed by atoms with E-state index < -0.39 is 0 Å². The van der Waals surface area contributed by atoms with E-state index in [0.29, 0.717) is 22.9 Å². The lowest BCUT2D eigenvalue weighted by Gasteiger charge is -2.09. The molecule has 0 spiro atoms. The van der Waals surface area contributed by atoms with E-state index in [1.807, 2.05) is 24.6 Å². The molecule has 2 aromatic rings. The highest BCUT2D eigenvalue weighted by Crippen LogP contribution is 2.23. The molecule has 0 bridgehead atoms. The van der Waals surface area contributed by atoms with Crippen LogP contribution in [0.2, 0.25) is 5.02 Å². The number of hydrogen-bond acceptors (Lipinski definition) is 3. The number of nitrogens with two attached hydrogens (primary N) is 1. The molecule has 4 nitrogen and oxygen atoms in total. The Morgan fingerprint density at radius 2 is 2.20 bits per heavy atom. The van der Waals surface area contributed by atoms with Crippen LogP contribution in [0.1, 0.15) is 23.9 Å². The molecule has 0 aliphatic carbocycles. The third kappa shape index (κ3) is 3.29. The van der Waals surface area contributed by atoms with Crippen molar-refractivity contribution in [2.24, 2.45) is 5.73 Å². The summed E-state index contributed by atoms with van der Waals surface area (Å²) >= 11 is 11.0. The van der Waals surface area contributed by atoms with E-state index in [1.54, 1.807) is 18.2 Å². The van der Waals surface area contributed by atoms with Gasteiger partial charge in [0, 0.05) is 12.1 Å². The second kappa shape index (κ2) is 6.24. The molecule has 0 atom stereocenters. The Morgan fingerprint density at radius 3 is 2.80 bits per heavy atom. The molecular formula is C14H16ClN3OS. The van der Waals surface area contributed by atoms with Crippen LogP contribution in [0.25, 0.3) is 0 Å². The average molecular weight is 310 g/mol. The highest BCUT2D eigenvalue weighted by Gasteiger charge is 2.07. The summed E-state index contributed by atoms with van der Waals surface area (Å²) in [4.78, 5) is 0.279. The summed E-state index contributed by atoms with van der Waals surface area (Å²) in [5.74, 6) is 0.677. The number of thiocarbonyl (C=S) groups is 1. The standard InChI is InChI=1S/C14H16ClN3OS/c1-3-18-10(6-9(2)17-18)8-19-11-4-5-12(14(16)20)13(15)7-11/h4-7H,3,8H2,1-2H3,(H2,16,20). The van der Waals surface area contributed by atoms with Crippen LogP contribution in [0.5, 0.6) is 5.75 Å². The summed E-state index contributed by atoms with van der Waals surface area (Å²) in [6.45, 7) is 5.26. The summed E-state index contributed by atoms with van der Waals surface area (Å²) in [6.07, 6.45) is 0. The van der Waals surface area contributed by atoms with E-state index in [0.717, 1.165) is 17.9 Å². The lowest BCUT2D eigenvalue weighted by atomic mass is 10.2. The average Bonchev–Trinajstić information content (AvgIpc) is 2.76. The van der Waals surface area contributed by atoms with Crippen LogP contribution >= 0.6 is 23.8 Å². The van der Waals surface area contributed by atoms with Crippen molar-refractivity contribution in [2.45, 2.75) is 27.0 Å². The van der Waals surface area contributed by atoms with E-state index in [-0.39, 0.29) is 4.99 Å². The zero-order valence-electron chi connectivity index (χ0n) is 11.4. The quantitative estimate of drug-likeness (QED) is 0.862. The maximum atomic E-state index is 6.10. The van der Waals surface area contributed by atoms with Crippen LogP contribution in [0.3, 0.4) is 0 Å². The molecule has 0 aliphatic rings. The summed E-state index contributed by atoms with van der Waals surface area (Å²) in [7, 11) is 0. The smallest absolute Gasteiger partial charge is 0.130 e. The molecule has 20 heavy (non-hydrogen) atoms. The first-order chi connectivity index (χ1) is 9.51. The van der Waals surface area contributed by atoms with Crippen LogP contribution in [0.15, 0.2) is 24.3 Å². The van der Waals surface area contributed by atoms with E-state index in [2.05, 4.69) is 5.10 Å². The third-order valence-electron chi connectivity index (χ3n) is 2.88. The molecule has 0 radical (unpaired) electrons. The van der Waals surface area contributed by atoms with E-state index in [9.17, 15) is 0 Å². The fourth-order valence-electron chi connectivity index (χ4n) is 1.93. The SMILES string of the molecule is CCn1nc(C)cc1COc1ccc(C(N)=S)c(Cl)c1. The van der Waals surface area contributed by atoms with Crippen molar-refractivity contribution >= 4 is 28.8 Å². The maximum Gasteiger partial charge on any atom is 0.130 e. The van der Waals surface area contributed by atoms with Crippen molar-refractivity contribution < 1.29 is 4.74 Å². The van der Waals surface area contributed by atoms with Gasteiger partial charge in [-0.15, -0.1) is 0 Å². The molecule has 0 saturated carbocycles. The van der Waals surface area contributed by atoms with Gasteiger partial charge in [0.1, 0.15) is 17.3 Å². The van der Waals surface area contributed by atoms with Crippen LogP contribution in [0, 0.1) is 6.92 Å². The minimum absolute atomic E-state index is 0.279. The predicted octanol–water partition coefficient (Wildman–Crippen LogP) is 3.08. The molecule has 0 aliphatic heterocycles. The van der Waals surface area contributed by atoms with Crippen LogP contribution in [0.4, 0.5) is 0 Å². The van der Waals surface area contributed by atoms with Gasteiger partial charge in [-0.2, -0.15) is 5.10 Å². The van der Waals surface area contributed by atoms with Gasteiger partial charge in [0.05, 0.1) is 16.4 Å². The van der Waals surface area contributed by atoms with Gasteiger partial charge < -0.3 is 10.5 Å².